The van der Waals surface area contributed by atoms with E-state index in [0.29, 0.717) is 17.1 Å². The number of methoxy groups -OCH3 is 2. The van der Waals surface area contributed by atoms with Crippen molar-refractivity contribution in [2.24, 2.45) is 4.99 Å². The Kier molecular flexibility index (Phi) is 4.66. The highest BCUT2D eigenvalue weighted by Crippen LogP contribution is 2.28. The molecule has 0 saturated heterocycles. The van der Waals surface area contributed by atoms with Gasteiger partial charge in [0.15, 0.2) is 5.70 Å². The molecule has 0 fully saturated rings. The van der Waals surface area contributed by atoms with Crippen LogP contribution in [0.15, 0.2) is 57.6 Å². The normalized spacial score (nSPS) is 15.2. The fraction of sp³-hybridized carbons (Fsp3) is 0.111. The van der Waals surface area contributed by atoms with Crippen molar-refractivity contribution >= 4 is 33.9 Å². The minimum atomic E-state index is -0.486. The zero-order chi connectivity index (χ0) is 17.1. The lowest BCUT2D eigenvalue weighted by molar-refractivity contribution is -0.129. The second-order valence-corrected chi connectivity index (χ2v) is 5.82. The largest absolute Gasteiger partial charge is 0.497 e. The van der Waals surface area contributed by atoms with E-state index in [1.165, 1.54) is 0 Å². The number of carbonyl (C=O) groups is 1. The quantitative estimate of drug-likeness (QED) is 0.591. The Morgan fingerprint density at radius 1 is 1.12 bits per heavy atom. The first-order chi connectivity index (χ1) is 11.6. The lowest BCUT2D eigenvalue weighted by Gasteiger charge is -2.05. The zero-order valence-electron chi connectivity index (χ0n) is 13.1. The summed E-state index contributed by atoms with van der Waals surface area (Å²) in [5, 5.41) is 0. The average Bonchev–Trinajstić information content (AvgIpc) is 2.95. The van der Waals surface area contributed by atoms with Gasteiger partial charge in [0.1, 0.15) is 11.5 Å². The molecule has 122 valence electrons. The molecule has 1 heterocycles. The predicted molar refractivity (Wildman–Crippen MR) is 94.3 cm³/mol. The van der Waals surface area contributed by atoms with E-state index in [1.807, 2.05) is 24.3 Å². The van der Waals surface area contributed by atoms with Gasteiger partial charge in [0.05, 0.1) is 18.7 Å². The van der Waals surface area contributed by atoms with Crippen LogP contribution in [0.2, 0.25) is 0 Å². The van der Waals surface area contributed by atoms with Crippen molar-refractivity contribution in [3.8, 4) is 11.5 Å². The standard InChI is InChI=1S/C18H14BrNO4/c1-22-13-5-3-4-11(8-13)9-15-18(21)24-17(20-15)12-6-7-16(23-2)14(19)10-12/h3-10H,1-2H3/b15-9+. The highest BCUT2D eigenvalue weighted by Gasteiger charge is 2.24. The van der Waals surface area contributed by atoms with Crippen LogP contribution in [0.1, 0.15) is 11.1 Å². The van der Waals surface area contributed by atoms with Gasteiger partial charge in [-0.2, -0.15) is 0 Å². The summed E-state index contributed by atoms with van der Waals surface area (Å²) < 4.78 is 16.4. The van der Waals surface area contributed by atoms with Crippen LogP contribution in [0, 0.1) is 0 Å². The van der Waals surface area contributed by atoms with Gasteiger partial charge in [-0.1, -0.05) is 12.1 Å². The minimum absolute atomic E-state index is 0.241. The Balaban J connectivity index is 1.92. The van der Waals surface area contributed by atoms with E-state index in [-0.39, 0.29) is 11.6 Å². The molecule has 24 heavy (non-hydrogen) atoms. The van der Waals surface area contributed by atoms with Gasteiger partial charge >= 0.3 is 5.97 Å². The van der Waals surface area contributed by atoms with Crippen LogP contribution in [0.3, 0.4) is 0 Å². The third kappa shape index (κ3) is 3.33. The Morgan fingerprint density at radius 3 is 2.67 bits per heavy atom. The fourth-order valence-electron chi connectivity index (χ4n) is 2.22. The Hall–Kier alpha value is -2.60. The molecule has 1 aliphatic heterocycles. The maximum Gasteiger partial charge on any atom is 0.363 e. The Morgan fingerprint density at radius 2 is 1.96 bits per heavy atom. The van der Waals surface area contributed by atoms with Gasteiger partial charge in [0, 0.05) is 5.56 Å². The van der Waals surface area contributed by atoms with Gasteiger partial charge in [-0.05, 0) is 57.9 Å². The molecule has 0 bridgehead atoms. The van der Waals surface area contributed by atoms with Crippen molar-refractivity contribution in [3.05, 3.63) is 63.8 Å². The van der Waals surface area contributed by atoms with E-state index in [2.05, 4.69) is 20.9 Å². The molecule has 2 aromatic carbocycles. The van der Waals surface area contributed by atoms with E-state index in [4.69, 9.17) is 14.2 Å². The van der Waals surface area contributed by atoms with Crippen molar-refractivity contribution in [2.75, 3.05) is 14.2 Å². The Labute approximate surface area is 147 Å². The summed E-state index contributed by atoms with van der Waals surface area (Å²) in [7, 11) is 3.18. The molecule has 0 atom stereocenters. The summed E-state index contributed by atoms with van der Waals surface area (Å²) in [4.78, 5) is 16.3. The lowest BCUT2D eigenvalue weighted by atomic mass is 10.2. The highest BCUT2D eigenvalue weighted by atomic mass is 79.9. The lowest BCUT2D eigenvalue weighted by Crippen LogP contribution is -2.05. The molecule has 0 spiro atoms. The molecule has 0 unspecified atom stereocenters. The number of hydrogen-bond donors (Lipinski definition) is 0. The van der Waals surface area contributed by atoms with Gasteiger partial charge in [-0.25, -0.2) is 9.79 Å². The fourth-order valence-corrected chi connectivity index (χ4v) is 2.76. The molecule has 3 rings (SSSR count). The minimum Gasteiger partial charge on any atom is -0.497 e. The van der Waals surface area contributed by atoms with Crippen LogP contribution in [0.4, 0.5) is 0 Å². The Bertz CT molecular complexity index is 858. The van der Waals surface area contributed by atoms with Crippen molar-refractivity contribution in [2.45, 2.75) is 0 Å². The number of esters is 1. The van der Waals surface area contributed by atoms with E-state index >= 15 is 0 Å². The summed E-state index contributed by atoms with van der Waals surface area (Å²) in [5.41, 5.74) is 1.73. The monoisotopic (exact) mass is 387 g/mol. The number of halogens is 1. The first-order valence-electron chi connectivity index (χ1n) is 7.11. The van der Waals surface area contributed by atoms with Crippen molar-refractivity contribution < 1.29 is 19.0 Å². The van der Waals surface area contributed by atoms with Crippen LogP contribution in [0.25, 0.3) is 6.08 Å². The van der Waals surface area contributed by atoms with Gasteiger partial charge in [0.25, 0.3) is 0 Å². The molecule has 0 amide bonds. The topological polar surface area (TPSA) is 57.1 Å². The zero-order valence-corrected chi connectivity index (χ0v) is 14.7. The maximum absolute atomic E-state index is 12.1. The number of cyclic esters (lactones) is 1. The molecular weight excluding hydrogens is 374 g/mol. The SMILES string of the molecule is COc1cccc(/C=C2/N=C(c3ccc(OC)c(Br)c3)OC2=O)c1. The summed E-state index contributed by atoms with van der Waals surface area (Å²) in [6.07, 6.45) is 1.66. The second-order valence-electron chi connectivity index (χ2n) is 4.96. The number of rotatable bonds is 4. The molecule has 6 heteroatoms. The molecule has 1 aliphatic rings. The highest BCUT2D eigenvalue weighted by molar-refractivity contribution is 9.10. The average molecular weight is 388 g/mol. The maximum atomic E-state index is 12.1. The van der Waals surface area contributed by atoms with Gasteiger partial charge < -0.3 is 14.2 Å². The van der Waals surface area contributed by atoms with Gasteiger partial charge in [0.2, 0.25) is 5.90 Å². The van der Waals surface area contributed by atoms with Crippen LogP contribution < -0.4 is 9.47 Å². The molecule has 0 aromatic heterocycles. The van der Waals surface area contributed by atoms with Crippen molar-refractivity contribution in [1.82, 2.24) is 0 Å². The van der Waals surface area contributed by atoms with E-state index in [0.717, 1.165) is 10.0 Å². The summed E-state index contributed by atoms with van der Waals surface area (Å²) in [5.74, 6) is 1.17. The van der Waals surface area contributed by atoms with Gasteiger partial charge in [-0.15, -0.1) is 0 Å². The van der Waals surface area contributed by atoms with Crippen LogP contribution >= 0.6 is 15.9 Å². The molecule has 0 radical (unpaired) electrons. The molecule has 5 nitrogen and oxygen atoms in total. The molecule has 0 aliphatic carbocycles. The summed E-state index contributed by atoms with van der Waals surface area (Å²) in [6, 6.07) is 12.7. The van der Waals surface area contributed by atoms with Crippen molar-refractivity contribution in [3.63, 3.8) is 0 Å². The summed E-state index contributed by atoms with van der Waals surface area (Å²) >= 11 is 3.41. The number of aliphatic imine (C=N–C) groups is 1. The van der Waals surface area contributed by atoms with Crippen LogP contribution in [-0.2, 0) is 9.53 Å². The number of hydrogen-bond acceptors (Lipinski definition) is 5. The van der Waals surface area contributed by atoms with E-state index in [1.54, 1.807) is 38.5 Å². The third-order valence-electron chi connectivity index (χ3n) is 3.42. The molecule has 0 saturated carbocycles. The number of benzene rings is 2. The van der Waals surface area contributed by atoms with Crippen LogP contribution in [0.5, 0.6) is 11.5 Å². The van der Waals surface area contributed by atoms with E-state index < -0.39 is 5.97 Å². The second kappa shape index (κ2) is 6.88. The molecule has 2 aromatic rings. The van der Waals surface area contributed by atoms with Crippen LogP contribution in [-0.4, -0.2) is 26.1 Å². The number of ether oxygens (including phenoxy) is 3. The molecular formula is C18H14BrNO4. The first-order valence-corrected chi connectivity index (χ1v) is 7.90. The smallest absolute Gasteiger partial charge is 0.363 e. The van der Waals surface area contributed by atoms with E-state index in [9.17, 15) is 4.79 Å². The molecule has 0 N–H and O–H groups in total. The third-order valence-corrected chi connectivity index (χ3v) is 4.04. The number of nitrogens with zero attached hydrogens (tertiary/aromatic N) is 1. The number of carbonyl (C=O) groups excluding carboxylic acids is 1. The summed E-state index contributed by atoms with van der Waals surface area (Å²) in [6.45, 7) is 0. The first kappa shape index (κ1) is 16.3. The van der Waals surface area contributed by atoms with Crippen molar-refractivity contribution in [1.29, 1.82) is 0 Å². The van der Waals surface area contributed by atoms with Gasteiger partial charge in [-0.3, -0.25) is 0 Å². The predicted octanol–water partition coefficient (Wildman–Crippen LogP) is 3.81.